The van der Waals surface area contributed by atoms with Gasteiger partial charge in [-0.2, -0.15) is 0 Å². The molecule has 0 atom stereocenters. The molecule has 0 amide bonds. The van der Waals surface area contributed by atoms with Crippen LogP contribution in [0, 0.1) is 0 Å². The summed E-state index contributed by atoms with van der Waals surface area (Å²) in [6.45, 7) is 4.06. The molecule has 0 aliphatic heterocycles. The Kier molecular flexibility index (Phi) is 4.22. The highest BCUT2D eigenvalue weighted by Gasteiger charge is 2.00. The lowest BCUT2D eigenvalue weighted by molar-refractivity contribution is 0.674. The second kappa shape index (κ2) is 6.11. The molecule has 0 unspecified atom stereocenters. The minimum absolute atomic E-state index is 0.863. The van der Waals surface area contributed by atoms with Gasteiger partial charge in [0.25, 0.3) is 0 Å². The van der Waals surface area contributed by atoms with Crippen LogP contribution < -0.4 is 5.32 Å². The molecule has 0 aromatic carbocycles. The van der Waals surface area contributed by atoms with Crippen LogP contribution >= 0.6 is 0 Å². The molecule has 0 radical (unpaired) electrons. The highest BCUT2D eigenvalue weighted by Crippen LogP contribution is 2.15. The maximum absolute atomic E-state index is 4.33. The van der Waals surface area contributed by atoms with Crippen molar-refractivity contribution in [3.05, 3.63) is 48.4 Å². The van der Waals surface area contributed by atoms with Gasteiger partial charge in [0.2, 0.25) is 0 Å². The normalized spacial score (nSPS) is 10.4. The molecule has 2 heterocycles. The van der Waals surface area contributed by atoms with Crippen molar-refractivity contribution >= 4 is 0 Å². The van der Waals surface area contributed by atoms with Crippen molar-refractivity contribution in [1.82, 2.24) is 15.3 Å². The van der Waals surface area contributed by atoms with Crippen LogP contribution in [0.1, 0.15) is 18.9 Å². The van der Waals surface area contributed by atoms with Gasteiger partial charge in [-0.15, -0.1) is 0 Å². The van der Waals surface area contributed by atoms with Crippen LogP contribution in [0.5, 0.6) is 0 Å². The van der Waals surface area contributed by atoms with Gasteiger partial charge < -0.3 is 5.32 Å². The first-order valence-corrected chi connectivity index (χ1v) is 5.96. The maximum atomic E-state index is 4.33. The van der Waals surface area contributed by atoms with Crippen LogP contribution in [0.3, 0.4) is 0 Å². The van der Waals surface area contributed by atoms with Crippen molar-refractivity contribution in [3.8, 4) is 11.3 Å². The summed E-state index contributed by atoms with van der Waals surface area (Å²) in [5.74, 6) is 0. The smallest absolute Gasteiger partial charge is 0.0717 e. The van der Waals surface area contributed by atoms with Gasteiger partial charge in [-0.3, -0.25) is 9.97 Å². The number of pyridine rings is 2. The quantitative estimate of drug-likeness (QED) is 0.798. The lowest BCUT2D eigenvalue weighted by Gasteiger charge is -2.05. The fourth-order valence-electron chi connectivity index (χ4n) is 1.67. The SMILES string of the molecule is CCCNCc1cncc(-c2ccccn2)c1. The first-order valence-electron chi connectivity index (χ1n) is 5.96. The second-order valence-electron chi connectivity index (χ2n) is 3.97. The Hall–Kier alpha value is -1.74. The van der Waals surface area contributed by atoms with Crippen LogP contribution in [-0.4, -0.2) is 16.5 Å². The Morgan fingerprint density at radius 3 is 2.94 bits per heavy atom. The van der Waals surface area contributed by atoms with Crippen molar-refractivity contribution in [2.75, 3.05) is 6.54 Å². The van der Waals surface area contributed by atoms with E-state index in [-0.39, 0.29) is 0 Å². The Labute approximate surface area is 102 Å². The van der Waals surface area contributed by atoms with Gasteiger partial charge in [-0.1, -0.05) is 13.0 Å². The third-order valence-corrected chi connectivity index (χ3v) is 2.51. The lowest BCUT2D eigenvalue weighted by atomic mass is 10.1. The molecule has 0 saturated carbocycles. The predicted molar refractivity (Wildman–Crippen MR) is 69.5 cm³/mol. The zero-order chi connectivity index (χ0) is 11.9. The molecule has 17 heavy (non-hydrogen) atoms. The van der Waals surface area contributed by atoms with E-state index in [1.165, 1.54) is 5.56 Å². The number of hydrogen-bond acceptors (Lipinski definition) is 3. The van der Waals surface area contributed by atoms with Crippen LogP contribution in [-0.2, 0) is 6.54 Å². The molecule has 2 aromatic rings. The summed E-state index contributed by atoms with van der Waals surface area (Å²) < 4.78 is 0. The molecule has 2 aromatic heterocycles. The van der Waals surface area contributed by atoms with Crippen LogP contribution in [0.15, 0.2) is 42.9 Å². The topological polar surface area (TPSA) is 37.8 Å². The molecule has 88 valence electrons. The summed E-state index contributed by atoms with van der Waals surface area (Å²) in [6, 6.07) is 8.05. The van der Waals surface area contributed by atoms with Crippen LogP contribution in [0.25, 0.3) is 11.3 Å². The summed E-state index contributed by atoms with van der Waals surface area (Å²) >= 11 is 0. The van der Waals surface area contributed by atoms with Crippen molar-refractivity contribution < 1.29 is 0 Å². The first kappa shape index (κ1) is 11.7. The average molecular weight is 227 g/mol. The zero-order valence-corrected chi connectivity index (χ0v) is 10.1. The highest BCUT2D eigenvalue weighted by molar-refractivity contribution is 5.58. The third-order valence-electron chi connectivity index (χ3n) is 2.51. The molecule has 2 rings (SSSR count). The number of aromatic nitrogens is 2. The fourth-order valence-corrected chi connectivity index (χ4v) is 1.67. The lowest BCUT2D eigenvalue weighted by Crippen LogP contribution is -2.13. The standard InChI is InChI=1S/C14H17N3/c1-2-6-15-9-12-8-13(11-16-10-12)14-5-3-4-7-17-14/h3-5,7-8,10-11,15H,2,6,9H2,1H3. The number of rotatable bonds is 5. The molecular formula is C14H17N3. The van der Waals surface area contributed by atoms with E-state index in [4.69, 9.17) is 0 Å². The molecule has 0 saturated heterocycles. The van der Waals surface area contributed by atoms with Crippen molar-refractivity contribution in [1.29, 1.82) is 0 Å². The highest BCUT2D eigenvalue weighted by atomic mass is 14.8. The zero-order valence-electron chi connectivity index (χ0n) is 10.1. The van der Waals surface area contributed by atoms with Crippen molar-refractivity contribution in [2.45, 2.75) is 19.9 Å². The molecule has 0 fully saturated rings. The van der Waals surface area contributed by atoms with E-state index in [1.54, 1.807) is 6.20 Å². The van der Waals surface area contributed by atoms with Gasteiger partial charge in [0.05, 0.1) is 5.69 Å². The summed E-state index contributed by atoms with van der Waals surface area (Å²) in [5.41, 5.74) is 3.24. The number of hydrogen-bond donors (Lipinski definition) is 1. The first-order chi connectivity index (χ1) is 8.40. The van der Waals surface area contributed by atoms with Gasteiger partial charge in [0.1, 0.15) is 0 Å². The van der Waals surface area contributed by atoms with E-state index in [0.717, 1.165) is 30.8 Å². The molecule has 0 aliphatic rings. The molecule has 3 heteroatoms. The Balaban J connectivity index is 2.12. The molecular weight excluding hydrogens is 210 g/mol. The van der Waals surface area contributed by atoms with Crippen LogP contribution in [0.4, 0.5) is 0 Å². The van der Waals surface area contributed by atoms with E-state index in [2.05, 4.69) is 28.3 Å². The molecule has 3 nitrogen and oxygen atoms in total. The minimum atomic E-state index is 0.863. The monoisotopic (exact) mass is 227 g/mol. The van der Waals surface area contributed by atoms with E-state index in [1.807, 2.05) is 30.6 Å². The summed E-state index contributed by atoms with van der Waals surface area (Å²) in [6.07, 6.45) is 6.70. The fraction of sp³-hybridized carbons (Fsp3) is 0.286. The maximum Gasteiger partial charge on any atom is 0.0717 e. The third kappa shape index (κ3) is 3.36. The summed E-state index contributed by atoms with van der Waals surface area (Å²) in [5, 5.41) is 3.37. The summed E-state index contributed by atoms with van der Waals surface area (Å²) in [4.78, 5) is 8.59. The minimum Gasteiger partial charge on any atom is -0.313 e. The van der Waals surface area contributed by atoms with Gasteiger partial charge in [-0.05, 0) is 36.7 Å². The predicted octanol–water partition coefficient (Wildman–Crippen LogP) is 2.64. The Morgan fingerprint density at radius 2 is 2.18 bits per heavy atom. The molecule has 0 bridgehead atoms. The average Bonchev–Trinajstić information content (AvgIpc) is 2.41. The van der Waals surface area contributed by atoms with E-state index < -0.39 is 0 Å². The second-order valence-corrected chi connectivity index (χ2v) is 3.97. The largest absolute Gasteiger partial charge is 0.313 e. The number of nitrogens with one attached hydrogen (secondary N) is 1. The molecule has 0 spiro atoms. The Bertz CT molecular complexity index is 454. The van der Waals surface area contributed by atoms with E-state index in [0.29, 0.717) is 0 Å². The van der Waals surface area contributed by atoms with Gasteiger partial charge in [0.15, 0.2) is 0 Å². The van der Waals surface area contributed by atoms with Gasteiger partial charge in [0, 0.05) is 30.7 Å². The Morgan fingerprint density at radius 1 is 1.24 bits per heavy atom. The van der Waals surface area contributed by atoms with Crippen molar-refractivity contribution in [2.24, 2.45) is 0 Å². The number of nitrogens with zero attached hydrogens (tertiary/aromatic N) is 2. The van der Waals surface area contributed by atoms with E-state index in [9.17, 15) is 0 Å². The summed E-state index contributed by atoms with van der Waals surface area (Å²) in [7, 11) is 0. The van der Waals surface area contributed by atoms with Gasteiger partial charge in [-0.25, -0.2) is 0 Å². The van der Waals surface area contributed by atoms with Gasteiger partial charge >= 0.3 is 0 Å². The van der Waals surface area contributed by atoms with E-state index >= 15 is 0 Å². The molecule has 0 aliphatic carbocycles. The van der Waals surface area contributed by atoms with Crippen LogP contribution in [0.2, 0.25) is 0 Å². The molecule has 1 N–H and O–H groups in total. The van der Waals surface area contributed by atoms with Crippen molar-refractivity contribution in [3.63, 3.8) is 0 Å².